The van der Waals surface area contributed by atoms with Crippen molar-refractivity contribution in [1.29, 1.82) is 0 Å². The Morgan fingerprint density at radius 2 is 2.41 bits per heavy atom. The Labute approximate surface area is 100 Å². The summed E-state index contributed by atoms with van der Waals surface area (Å²) in [5.41, 5.74) is 7.78. The molecule has 2 atom stereocenters. The topological polar surface area (TPSA) is 52.5 Å². The predicted molar refractivity (Wildman–Crippen MR) is 65.7 cm³/mol. The largest absolute Gasteiger partial charge is 0.372 e. The van der Waals surface area contributed by atoms with Crippen LogP contribution in [0.5, 0.6) is 0 Å². The van der Waals surface area contributed by atoms with Crippen LogP contribution in [0.25, 0.3) is 5.65 Å². The summed E-state index contributed by atoms with van der Waals surface area (Å²) < 4.78 is 7.87. The number of aromatic nitrogens is 2. The van der Waals surface area contributed by atoms with Gasteiger partial charge in [0.1, 0.15) is 11.8 Å². The minimum atomic E-state index is 0.0636. The summed E-state index contributed by atoms with van der Waals surface area (Å²) in [4.78, 5) is 4.62. The number of hydrogen-bond donors (Lipinski definition) is 1. The SMILES string of the molecule is NCC1CCCOC1c1cn2ccccc2n1. The molecular formula is C13H17N3O. The van der Waals surface area contributed by atoms with Crippen LogP contribution in [0.2, 0.25) is 0 Å². The average Bonchev–Trinajstić information content (AvgIpc) is 2.82. The zero-order chi connectivity index (χ0) is 11.7. The van der Waals surface area contributed by atoms with Gasteiger partial charge in [0.05, 0.1) is 5.69 Å². The maximum Gasteiger partial charge on any atom is 0.137 e. The number of nitrogens with two attached hydrogens (primary N) is 1. The second-order valence-corrected chi connectivity index (χ2v) is 4.56. The molecule has 2 unspecified atom stereocenters. The van der Waals surface area contributed by atoms with E-state index in [2.05, 4.69) is 4.98 Å². The van der Waals surface area contributed by atoms with Crippen molar-refractivity contribution >= 4 is 5.65 Å². The van der Waals surface area contributed by atoms with Gasteiger partial charge in [0.2, 0.25) is 0 Å². The molecule has 4 heteroatoms. The van der Waals surface area contributed by atoms with Crippen LogP contribution in [-0.4, -0.2) is 22.5 Å². The summed E-state index contributed by atoms with van der Waals surface area (Å²) in [7, 11) is 0. The molecule has 1 fully saturated rings. The maximum atomic E-state index is 5.84. The normalized spacial score (nSPS) is 25.2. The van der Waals surface area contributed by atoms with Crippen LogP contribution in [0.1, 0.15) is 24.6 Å². The lowest BCUT2D eigenvalue weighted by Gasteiger charge is -2.29. The van der Waals surface area contributed by atoms with Gasteiger partial charge in [-0.1, -0.05) is 6.07 Å². The first kappa shape index (κ1) is 10.7. The monoisotopic (exact) mass is 231 g/mol. The third kappa shape index (κ3) is 1.94. The first-order valence-corrected chi connectivity index (χ1v) is 6.14. The van der Waals surface area contributed by atoms with Gasteiger partial charge in [0.15, 0.2) is 0 Å². The molecule has 0 bridgehead atoms. The minimum absolute atomic E-state index is 0.0636. The van der Waals surface area contributed by atoms with Gasteiger partial charge in [0, 0.05) is 24.9 Å². The molecule has 0 amide bonds. The summed E-state index contributed by atoms with van der Waals surface area (Å²) in [5.74, 6) is 0.397. The second kappa shape index (κ2) is 4.47. The fraction of sp³-hybridized carbons (Fsp3) is 0.462. The smallest absolute Gasteiger partial charge is 0.137 e. The number of fused-ring (bicyclic) bond motifs is 1. The molecule has 1 saturated heterocycles. The highest BCUT2D eigenvalue weighted by Crippen LogP contribution is 2.32. The van der Waals surface area contributed by atoms with Gasteiger partial charge in [-0.05, 0) is 31.5 Å². The second-order valence-electron chi connectivity index (χ2n) is 4.56. The van der Waals surface area contributed by atoms with Gasteiger partial charge in [-0.15, -0.1) is 0 Å². The van der Waals surface area contributed by atoms with Crippen molar-refractivity contribution in [2.45, 2.75) is 18.9 Å². The average molecular weight is 231 g/mol. The highest BCUT2D eigenvalue weighted by Gasteiger charge is 2.28. The highest BCUT2D eigenvalue weighted by atomic mass is 16.5. The first-order chi connectivity index (χ1) is 8.38. The Bertz CT molecular complexity index is 475. The quantitative estimate of drug-likeness (QED) is 0.856. The van der Waals surface area contributed by atoms with Crippen LogP contribution in [0.15, 0.2) is 30.6 Å². The first-order valence-electron chi connectivity index (χ1n) is 6.14. The molecule has 2 aromatic heterocycles. The van der Waals surface area contributed by atoms with E-state index < -0.39 is 0 Å². The Balaban J connectivity index is 1.96. The van der Waals surface area contributed by atoms with Crippen molar-refractivity contribution in [1.82, 2.24) is 9.38 Å². The zero-order valence-electron chi connectivity index (χ0n) is 9.75. The third-order valence-electron chi connectivity index (χ3n) is 3.42. The summed E-state index contributed by atoms with van der Waals surface area (Å²) >= 11 is 0. The number of hydrogen-bond acceptors (Lipinski definition) is 3. The molecular weight excluding hydrogens is 214 g/mol. The van der Waals surface area contributed by atoms with Crippen molar-refractivity contribution < 1.29 is 4.74 Å². The molecule has 0 saturated carbocycles. The fourth-order valence-electron chi connectivity index (χ4n) is 2.50. The Morgan fingerprint density at radius 1 is 1.47 bits per heavy atom. The molecule has 2 N–H and O–H groups in total. The van der Waals surface area contributed by atoms with Crippen LogP contribution in [0.4, 0.5) is 0 Å². The van der Waals surface area contributed by atoms with Gasteiger partial charge in [0.25, 0.3) is 0 Å². The summed E-state index contributed by atoms with van der Waals surface area (Å²) in [6, 6.07) is 6.00. The number of imidazole rings is 1. The molecule has 1 aliphatic heterocycles. The van der Waals surface area contributed by atoms with Gasteiger partial charge in [-0.3, -0.25) is 0 Å². The Morgan fingerprint density at radius 3 is 3.24 bits per heavy atom. The van der Waals surface area contributed by atoms with E-state index in [0.717, 1.165) is 30.8 Å². The van der Waals surface area contributed by atoms with Crippen LogP contribution in [0, 0.1) is 5.92 Å². The van der Waals surface area contributed by atoms with Crippen LogP contribution in [-0.2, 0) is 4.74 Å². The number of nitrogens with zero attached hydrogens (tertiary/aromatic N) is 2. The van der Waals surface area contributed by atoms with Crippen LogP contribution < -0.4 is 5.73 Å². The van der Waals surface area contributed by atoms with E-state index in [9.17, 15) is 0 Å². The van der Waals surface area contributed by atoms with Gasteiger partial charge >= 0.3 is 0 Å². The molecule has 4 nitrogen and oxygen atoms in total. The Kier molecular flexibility index (Phi) is 2.82. The van der Waals surface area contributed by atoms with E-state index in [-0.39, 0.29) is 6.10 Å². The lowest BCUT2D eigenvalue weighted by atomic mass is 9.93. The van der Waals surface area contributed by atoms with Crippen molar-refractivity contribution in [2.24, 2.45) is 11.7 Å². The lowest BCUT2D eigenvalue weighted by molar-refractivity contribution is -0.0273. The molecule has 1 aliphatic rings. The summed E-state index contributed by atoms with van der Waals surface area (Å²) in [6.45, 7) is 1.48. The molecule has 17 heavy (non-hydrogen) atoms. The van der Waals surface area contributed by atoms with E-state index in [1.54, 1.807) is 0 Å². The highest BCUT2D eigenvalue weighted by molar-refractivity contribution is 5.39. The van der Waals surface area contributed by atoms with Crippen molar-refractivity contribution in [3.8, 4) is 0 Å². The van der Waals surface area contributed by atoms with E-state index in [1.165, 1.54) is 0 Å². The summed E-state index contributed by atoms with van der Waals surface area (Å²) in [6.07, 6.45) is 6.36. The van der Waals surface area contributed by atoms with Crippen LogP contribution >= 0.6 is 0 Å². The van der Waals surface area contributed by atoms with E-state index in [0.29, 0.717) is 12.5 Å². The molecule has 2 aromatic rings. The molecule has 3 rings (SSSR count). The Hall–Kier alpha value is -1.39. The minimum Gasteiger partial charge on any atom is -0.372 e. The number of pyridine rings is 1. The molecule has 3 heterocycles. The standard InChI is InChI=1S/C13H17N3O/c14-8-10-4-3-7-17-13(10)11-9-16-6-2-1-5-12(16)15-11/h1-2,5-6,9-10,13H,3-4,7-8,14H2. The fourth-order valence-corrected chi connectivity index (χ4v) is 2.50. The van der Waals surface area contributed by atoms with Gasteiger partial charge in [-0.25, -0.2) is 4.98 Å². The van der Waals surface area contributed by atoms with Crippen molar-refractivity contribution in [3.05, 3.63) is 36.3 Å². The van der Waals surface area contributed by atoms with E-state index in [1.807, 2.05) is 35.0 Å². The predicted octanol–water partition coefficient (Wildman–Crippen LogP) is 1.76. The molecule has 0 radical (unpaired) electrons. The van der Waals surface area contributed by atoms with Gasteiger partial charge < -0.3 is 14.9 Å². The van der Waals surface area contributed by atoms with Crippen molar-refractivity contribution in [3.63, 3.8) is 0 Å². The van der Waals surface area contributed by atoms with Crippen LogP contribution in [0.3, 0.4) is 0 Å². The van der Waals surface area contributed by atoms with E-state index >= 15 is 0 Å². The molecule has 0 aromatic carbocycles. The lowest BCUT2D eigenvalue weighted by Crippen LogP contribution is -2.28. The summed E-state index contributed by atoms with van der Waals surface area (Å²) in [5, 5.41) is 0. The maximum absolute atomic E-state index is 5.84. The van der Waals surface area contributed by atoms with E-state index in [4.69, 9.17) is 10.5 Å². The van der Waals surface area contributed by atoms with Crippen molar-refractivity contribution in [2.75, 3.05) is 13.2 Å². The number of rotatable bonds is 2. The van der Waals surface area contributed by atoms with Gasteiger partial charge in [-0.2, -0.15) is 0 Å². The molecule has 90 valence electrons. The molecule has 0 aliphatic carbocycles. The zero-order valence-corrected chi connectivity index (χ0v) is 9.75. The third-order valence-corrected chi connectivity index (χ3v) is 3.42. The molecule has 0 spiro atoms. The number of ether oxygens (including phenoxy) is 1.